The normalized spacial score (nSPS) is 10.8. The van der Waals surface area contributed by atoms with Gasteiger partial charge in [0.05, 0.1) is 4.90 Å². The molecule has 8 rings (SSSR count). The molecule has 0 fully saturated rings. The van der Waals surface area contributed by atoms with Gasteiger partial charge in [0.2, 0.25) is 0 Å². The number of fused-ring (bicyclic) bond motifs is 2. The van der Waals surface area contributed by atoms with Crippen LogP contribution in [0.15, 0.2) is 157 Å². The minimum Gasteiger partial charge on any atom is -0.505 e. The Bertz CT molecular complexity index is 3270. The zero-order valence-electron chi connectivity index (χ0n) is 35.6. The number of carbonyl (C=O) groups excluding carboxylic acids is 2. The lowest BCUT2D eigenvalue weighted by atomic mass is 10.1. The first-order chi connectivity index (χ1) is 32.6. The molecule has 0 bridgehead atoms. The van der Waals surface area contributed by atoms with Gasteiger partial charge >= 0.3 is 11.9 Å². The zero-order valence-corrected chi connectivity index (χ0v) is 36.4. The summed E-state index contributed by atoms with van der Waals surface area (Å²) in [5, 5.41) is 44.5. The molecule has 6 aromatic carbocycles. The van der Waals surface area contributed by atoms with Crippen molar-refractivity contribution in [2.45, 2.75) is 11.8 Å². The Morgan fingerprint density at radius 3 is 1.54 bits per heavy atom. The van der Waals surface area contributed by atoms with Crippen molar-refractivity contribution < 1.29 is 62.2 Å². The summed E-state index contributed by atoms with van der Waals surface area (Å²) >= 11 is 0. The van der Waals surface area contributed by atoms with E-state index in [0.29, 0.717) is 61.7 Å². The number of hydrogen-bond acceptors (Lipinski definition) is 13. The number of aliphatic carboxylic acids is 2. The number of nitrogens with one attached hydrogen (secondary N) is 3. The summed E-state index contributed by atoms with van der Waals surface area (Å²) < 4.78 is 45.4. The van der Waals surface area contributed by atoms with Gasteiger partial charge in [0.25, 0.3) is 21.8 Å². The van der Waals surface area contributed by atoms with Gasteiger partial charge < -0.3 is 45.3 Å². The summed E-state index contributed by atoms with van der Waals surface area (Å²) in [6, 6.07) is 38.9. The number of sulfonamides is 1. The second-order valence-corrected chi connectivity index (χ2v) is 16.3. The third-order valence-electron chi connectivity index (χ3n) is 9.61. The van der Waals surface area contributed by atoms with Crippen molar-refractivity contribution >= 4 is 61.0 Å². The van der Waals surface area contributed by atoms with E-state index >= 15 is 0 Å². The van der Waals surface area contributed by atoms with Gasteiger partial charge in [0, 0.05) is 39.6 Å². The number of aromatic nitrogens is 2. The number of pyridine rings is 2. The van der Waals surface area contributed by atoms with Gasteiger partial charge in [-0.3, -0.25) is 23.9 Å². The minimum atomic E-state index is -3.73. The second kappa shape index (κ2) is 20.7. The summed E-state index contributed by atoms with van der Waals surface area (Å²) in [6.07, 6.45) is 2.76. The summed E-state index contributed by atoms with van der Waals surface area (Å²) in [4.78, 5) is 53.7. The van der Waals surface area contributed by atoms with Crippen LogP contribution in [0.4, 0.5) is 5.69 Å². The van der Waals surface area contributed by atoms with Gasteiger partial charge in [0.1, 0.15) is 36.1 Å². The standard InChI is InChI=1S/C25H21N3O7S.C24H18N2O6/c1-15-2-9-20(10-3-15)36(33,34)28-17-4-6-18(7-5-17)35-19-8-11-21-16(12-19)13-26-23(24(21)31)25(32)27-14-22(29)30;27-21(28)14-26-24(30)22-23(29)18-12-20(32-17-9-5-2-6-10-17)19(11-15(18)13-25-22)31-16-7-3-1-4-8-16/h2-13,28,31H,14H2,1H3,(H,27,32)(H,29,30);1-13,29H,14H2,(H,26,30)(H,27,28). The molecule has 2 heterocycles. The van der Waals surface area contributed by atoms with Crippen LogP contribution in [-0.4, -0.2) is 75.7 Å². The van der Waals surface area contributed by atoms with Crippen molar-refractivity contribution in [2.75, 3.05) is 17.8 Å². The Hall–Kier alpha value is -9.23. The molecule has 8 aromatic rings. The molecule has 0 saturated heterocycles. The fourth-order valence-electron chi connectivity index (χ4n) is 6.32. The van der Waals surface area contributed by atoms with Crippen LogP contribution in [0.5, 0.6) is 46.0 Å². The summed E-state index contributed by atoms with van der Waals surface area (Å²) in [7, 11) is -3.73. The van der Waals surface area contributed by atoms with Crippen LogP contribution >= 0.6 is 0 Å². The third-order valence-corrected chi connectivity index (χ3v) is 11.0. The van der Waals surface area contributed by atoms with E-state index in [9.17, 15) is 37.8 Å². The van der Waals surface area contributed by atoms with E-state index < -0.39 is 52.6 Å². The number of ether oxygens (including phenoxy) is 3. The van der Waals surface area contributed by atoms with Crippen LogP contribution in [0, 0.1) is 6.92 Å². The van der Waals surface area contributed by atoms with Crippen LogP contribution < -0.4 is 29.6 Å². The average Bonchev–Trinajstić information content (AvgIpc) is 3.32. The molecule has 2 aromatic heterocycles. The van der Waals surface area contributed by atoms with Crippen molar-refractivity contribution in [1.29, 1.82) is 0 Å². The number of anilines is 1. The fourth-order valence-corrected chi connectivity index (χ4v) is 7.38. The van der Waals surface area contributed by atoms with Crippen molar-refractivity contribution in [3.63, 3.8) is 0 Å². The molecule has 0 radical (unpaired) electrons. The Morgan fingerprint density at radius 2 is 1.01 bits per heavy atom. The average molecular weight is 938 g/mol. The highest BCUT2D eigenvalue weighted by Crippen LogP contribution is 2.41. The maximum absolute atomic E-state index is 12.6. The molecule has 0 saturated carbocycles. The molecule has 19 heteroatoms. The topological polar surface area (TPSA) is 273 Å². The van der Waals surface area contributed by atoms with Crippen LogP contribution in [0.1, 0.15) is 26.5 Å². The van der Waals surface area contributed by atoms with E-state index in [4.69, 9.17) is 24.4 Å². The van der Waals surface area contributed by atoms with Gasteiger partial charge in [-0.1, -0.05) is 54.1 Å². The number of amides is 2. The number of aryl methyl sites for hydroxylation is 1. The number of carboxylic acids is 2. The highest BCUT2D eigenvalue weighted by molar-refractivity contribution is 7.92. The number of rotatable bonds is 15. The highest BCUT2D eigenvalue weighted by atomic mass is 32.2. The lowest BCUT2D eigenvalue weighted by molar-refractivity contribution is -0.136. The predicted octanol–water partition coefficient (Wildman–Crippen LogP) is 8.00. The van der Waals surface area contributed by atoms with Crippen molar-refractivity contribution in [2.24, 2.45) is 0 Å². The minimum absolute atomic E-state index is 0.156. The van der Waals surface area contributed by atoms with Crippen LogP contribution in [0.25, 0.3) is 21.5 Å². The molecule has 18 nitrogen and oxygen atoms in total. The predicted molar refractivity (Wildman–Crippen MR) is 248 cm³/mol. The van der Waals surface area contributed by atoms with Gasteiger partial charge in [-0.2, -0.15) is 0 Å². The van der Waals surface area contributed by atoms with Crippen molar-refractivity contribution in [3.05, 3.63) is 169 Å². The fraction of sp³-hybridized carbons (Fsp3) is 0.0612. The van der Waals surface area contributed by atoms with Gasteiger partial charge in [-0.05, 0) is 97.9 Å². The molecular formula is C49H39N5O13S. The quantitative estimate of drug-likeness (QED) is 0.0513. The number of benzene rings is 6. The molecule has 0 unspecified atom stereocenters. The lowest BCUT2D eigenvalue weighted by Gasteiger charge is -2.15. The monoisotopic (exact) mass is 937 g/mol. The Balaban J connectivity index is 0.000000203. The second-order valence-electron chi connectivity index (χ2n) is 14.6. The molecular weight excluding hydrogens is 899 g/mol. The molecule has 0 spiro atoms. The molecule has 2 amide bonds. The number of carbonyl (C=O) groups is 4. The molecule has 68 heavy (non-hydrogen) atoms. The SMILES string of the molecule is Cc1ccc(S(=O)(=O)Nc2ccc(Oc3ccc4c(O)c(C(=O)NCC(=O)O)ncc4c3)cc2)cc1.O=C(O)CNC(=O)c1ncc2cc(Oc3ccccc3)c(Oc3ccccc3)cc2c1O. The number of nitrogens with zero attached hydrogens (tertiary/aromatic N) is 2. The Morgan fingerprint density at radius 1 is 0.544 bits per heavy atom. The van der Waals surface area contributed by atoms with E-state index in [0.717, 1.165) is 5.56 Å². The van der Waals surface area contributed by atoms with Crippen molar-refractivity contribution in [3.8, 4) is 46.0 Å². The third kappa shape index (κ3) is 11.7. The van der Waals surface area contributed by atoms with E-state index in [1.807, 2.05) is 43.3 Å². The first-order valence-electron chi connectivity index (χ1n) is 20.2. The maximum atomic E-state index is 12.6. The smallest absolute Gasteiger partial charge is 0.322 e. The molecule has 0 aliphatic rings. The van der Waals surface area contributed by atoms with E-state index in [1.54, 1.807) is 91.0 Å². The molecule has 7 N–H and O–H groups in total. The van der Waals surface area contributed by atoms with Crippen LogP contribution in [-0.2, 0) is 19.6 Å². The van der Waals surface area contributed by atoms with E-state index in [2.05, 4.69) is 25.3 Å². The van der Waals surface area contributed by atoms with E-state index in [1.165, 1.54) is 24.5 Å². The number of hydrogen-bond donors (Lipinski definition) is 7. The number of carboxylic acid groups (broad SMARTS) is 2. The Kier molecular flexibility index (Phi) is 14.3. The number of para-hydroxylation sites is 2. The summed E-state index contributed by atoms with van der Waals surface area (Å²) in [5.41, 5.74) is 0.739. The maximum Gasteiger partial charge on any atom is 0.322 e. The molecule has 344 valence electrons. The molecule has 0 aliphatic carbocycles. The first-order valence-corrected chi connectivity index (χ1v) is 21.7. The van der Waals surface area contributed by atoms with Crippen LogP contribution in [0.2, 0.25) is 0 Å². The summed E-state index contributed by atoms with van der Waals surface area (Å²) in [5.74, 6) is -2.12. The molecule has 0 atom stereocenters. The van der Waals surface area contributed by atoms with Crippen molar-refractivity contribution in [1.82, 2.24) is 20.6 Å². The van der Waals surface area contributed by atoms with Gasteiger partial charge in [-0.25, -0.2) is 18.4 Å². The first kappa shape index (κ1) is 46.8. The largest absolute Gasteiger partial charge is 0.505 e. The molecule has 0 aliphatic heterocycles. The van der Waals surface area contributed by atoms with Crippen LogP contribution in [0.3, 0.4) is 0 Å². The highest BCUT2D eigenvalue weighted by Gasteiger charge is 2.21. The zero-order chi connectivity index (χ0) is 48.4. The lowest BCUT2D eigenvalue weighted by Crippen LogP contribution is -2.29. The summed E-state index contributed by atoms with van der Waals surface area (Å²) in [6.45, 7) is 0.680. The van der Waals surface area contributed by atoms with E-state index in [-0.39, 0.29) is 22.0 Å². The Labute approximate surface area is 387 Å². The van der Waals surface area contributed by atoms with Gasteiger partial charge in [-0.15, -0.1) is 0 Å². The van der Waals surface area contributed by atoms with Gasteiger partial charge in [0.15, 0.2) is 34.4 Å². The number of aromatic hydroxyl groups is 2.